The molecule has 0 spiro atoms. The maximum absolute atomic E-state index is 12.6. The number of rotatable bonds is 6. The van der Waals surface area contributed by atoms with Gasteiger partial charge in [0.1, 0.15) is 0 Å². The molecule has 0 fully saturated rings. The van der Waals surface area contributed by atoms with Gasteiger partial charge in [-0.3, -0.25) is 14.8 Å². The average Bonchev–Trinajstić information content (AvgIpc) is 2.55. The van der Waals surface area contributed by atoms with Gasteiger partial charge in [0.25, 0.3) is 15.7 Å². The predicted octanol–water partition coefficient (Wildman–Crippen LogP) is 2.88. The molecular weight excluding hydrogens is 348 g/mol. The van der Waals surface area contributed by atoms with Crippen molar-refractivity contribution in [2.24, 2.45) is 0 Å². The predicted molar refractivity (Wildman–Crippen MR) is 91.0 cm³/mol. The van der Waals surface area contributed by atoms with Crippen molar-refractivity contribution in [2.75, 3.05) is 11.3 Å². The van der Waals surface area contributed by atoms with E-state index in [-0.39, 0.29) is 28.4 Å². The van der Waals surface area contributed by atoms with E-state index in [9.17, 15) is 23.3 Å². The topological polar surface area (TPSA) is 116 Å². The normalized spacial score (nSPS) is 11.0. The van der Waals surface area contributed by atoms with Gasteiger partial charge in [0.05, 0.1) is 22.0 Å². The Balaban J connectivity index is 2.37. The number of nitro benzene ring substituents is 1. The summed E-state index contributed by atoms with van der Waals surface area (Å²) in [6.45, 7) is 3.39. The van der Waals surface area contributed by atoms with E-state index < -0.39 is 20.9 Å². The molecule has 0 aromatic heterocycles. The lowest BCUT2D eigenvalue weighted by atomic mass is 10.2. The molecule has 0 atom stereocenters. The van der Waals surface area contributed by atoms with Crippen LogP contribution in [0.25, 0.3) is 0 Å². The maximum Gasteiger partial charge on any atom is 0.338 e. The number of ether oxygens (including phenoxy) is 1. The molecule has 0 amide bonds. The van der Waals surface area contributed by atoms with Gasteiger partial charge in [0.15, 0.2) is 0 Å². The molecule has 132 valence electrons. The third-order valence-electron chi connectivity index (χ3n) is 3.30. The van der Waals surface area contributed by atoms with Crippen LogP contribution in [-0.4, -0.2) is 25.9 Å². The lowest BCUT2D eigenvalue weighted by Gasteiger charge is -2.11. The Morgan fingerprint density at radius 2 is 1.96 bits per heavy atom. The summed E-state index contributed by atoms with van der Waals surface area (Å²) in [6, 6.07) is 9.39. The quantitative estimate of drug-likeness (QED) is 0.479. The van der Waals surface area contributed by atoms with Crippen LogP contribution in [0.15, 0.2) is 47.4 Å². The fraction of sp³-hybridized carbons (Fsp3) is 0.188. The molecule has 0 aliphatic carbocycles. The minimum absolute atomic E-state index is 0.149. The lowest BCUT2D eigenvalue weighted by molar-refractivity contribution is -0.385. The minimum atomic E-state index is -4.06. The van der Waals surface area contributed by atoms with Gasteiger partial charge in [-0.2, -0.15) is 0 Å². The fourth-order valence-electron chi connectivity index (χ4n) is 2.13. The maximum atomic E-state index is 12.6. The Morgan fingerprint density at radius 3 is 2.60 bits per heavy atom. The monoisotopic (exact) mass is 364 g/mol. The summed E-state index contributed by atoms with van der Waals surface area (Å²) in [5.41, 5.74) is 0.375. The molecule has 9 heteroatoms. The number of aryl methyl sites for hydroxylation is 1. The van der Waals surface area contributed by atoms with Crippen LogP contribution in [0.5, 0.6) is 0 Å². The van der Waals surface area contributed by atoms with Crippen molar-refractivity contribution in [2.45, 2.75) is 18.7 Å². The van der Waals surface area contributed by atoms with Gasteiger partial charge in [0.2, 0.25) is 0 Å². The molecule has 0 radical (unpaired) electrons. The highest BCUT2D eigenvalue weighted by molar-refractivity contribution is 7.92. The number of anilines is 1. The molecule has 2 rings (SSSR count). The highest BCUT2D eigenvalue weighted by Crippen LogP contribution is 2.24. The van der Waals surface area contributed by atoms with Crippen molar-refractivity contribution in [1.82, 2.24) is 0 Å². The molecule has 0 heterocycles. The zero-order valence-corrected chi connectivity index (χ0v) is 14.4. The molecule has 2 aromatic carbocycles. The van der Waals surface area contributed by atoms with Gasteiger partial charge in [-0.05, 0) is 37.6 Å². The van der Waals surface area contributed by atoms with E-state index >= 15 is 0 Å². The van der Waals surface area contributed by atoms with Crippen LogP contribution < -0.4 is 4.72 Å². The number of benzene rings is 2. The zero-order valence-electron chi connectivity index (χ0n) is 13.6. The molecule has 0 aliphatic heterocycles. The summed E-state index contributed by atoms with van der Waals surface area (Å²) in [5.74, 6) is -0.574. The van der Waals surface area contributed by atoms with Crippen molar-refractivity contribution in [3.8, 4) is 0 Å². The van der Waals surface area contributed by atoms with E-state index in [2.05, 4.69) is 4.72 Å². The highest BCUT2D eigenvalue weighted by atomic mass is 32.2. The average molecular weight is 364 g/mol. The molecular formula is C16H16N2O6S. The van der Waals surface area contributed by atoms with Crippen molar-refractivity contribution in [1.29, 1.82) is 0 Å². The van der Waals surface area contributed by atoms with Crippen LogP contribution >= 0.6 is 0 Å². The van der Waals surface area contributed by atoms with E-state index in [1.54, 1.807) is 6.92 Å². The SMILES string of the molecule is CCOC(=O)c1cccc(NS(=O)(=O)c2cc([N+](=O)[O-])ccc2C)c1. The molecule has 0 unspecified atom stereocenters. The largest absolute Gasteiger partial charge is 0.462 e. The van der Waals surface area contributed by atoms with Crippen LogP contribution in [0.3, 0.4) is 0 Å². The van der Waals surface area contributed by atoms with Crippen molar-refractivity contribution in [3.05, 3.63) is 63.7 Å². The van der Waals surface area contributed by atoms with Gasteiger partial charge in [-0.25, -0.2) is 13.2 Å². The van der Waals surface area contributed by atoms with Crippen LogP contribution in [0.1, 0.15) is 22.8 Å². The second kappa shape index (κ2) is 7.31. The van der Waals surface area contributed by atoms with Gasteiger partial charge >= 0.3 is 5.97 Å². The molecule has 2 aromatic rings. The number of non-ortho nitro benzene ring substituents is 1. The van der Waals surface area contributed by atoms with Crippen molar-refractivity contribution < 1.29 is 22.9 Å². The summed E-state index contributed by atoms with van der Waals surface area (Å²) < 4.78 is 32.3. The fourth-order valence-corrected chi connectivity index (χ4v) is 3.44. The first-order valence-corrected chi connectivity index (χ1v) is 8.78. The Labute approximate surface area is 144 Å². The molecule has 0 bridgehead atoms. The van der Waals surface area contributed by atoms with Crippen LogP contribution in [0, 0.1) is 17.0 Å². The third kappa shape index (κ3) is 4.32. The molecule has 0 aliphatic rings. The van der Waals surface area contributed by atoms with E-state index in [1.165, 1.54) is 43.3 Å². The Bertz CT molecular complexity index is 924. The van der Waals surface area contributed by atoms with E-state index in [0.29, 0.717) is 5.56 Å². The second-order valence-electron chi connectivity index (χ2n) is 5.11. The van der Waals surface area contributed by atoms with Gasteiger partial charge in [-0.15, -0.1) is 0 Å². The number of esters is 1. The highest BCUT2D eigenvalue weighted by Gasteiger charge is 2.21. The summed E-state index contributed by atoms with van der Waals surface area (Å²) in [4.78, 5) is 21.7. The number of carbonyl (C=O) groups is 1. The summed E-state index contributed by atoms with van der Waals surface area (Å²) in [6.07, 6.45) is 0. The Kier molecular flexibility index (Phi) is 5.38. The van der Waals surface area contributed by atoms with Gasteiger partial charge in [0, 0.05) is 17.8 Å². The summed E-state index contributed by atoms with van der Waals surface area (Å²) >= 11 is 0. The first-order chi connectivity index (χ1) is 11.7. The number of carbonyl (C=O) groups excluding carboxylic acids is 1. The molecule has 8 nitrogen and oxygen atoms in total. The molecule has 1 N–H and O–H groups in total. The number of nitrogens with zero attached hydrogens (tertiary/aromatic N) is 1. The molecule has 0 saturated heterocycles. The second-order valence-corrected chi connectivity index (χ2v) is 6.76. The van der Waals surface area contributed by atoms with E-state index in [1.807, 2.05) is 0 Å². The number of hydrogen-bond acceptors (Lipinski definition) is 6. The standard InChI is InChI=1S/C16H16N2O6S/c1-3-24-16(19)12-5-4-6-13(9-12)17-25(22,23)15-10-14(18(20)21)8-7-11(15)2/h4-10,17H,3H2,1-2H3. The van der Waals surface area contributed by atoms with Gasteiger partial charge < -0.3 is 4.74 Å². The molecule has 0 saturated carbocycles. The van der Waals surface area contributed by atoms with Crippen molar-refractivity contribution >= 4 is 27.4 Å². The van der Waals surface area contributed by atoms with Crippen LogP contribution in [0.2, 0.25) is 0 Å². The number of nitrogens with one attached hydrogen (secondary N) is 1. The Morgan fingerprint density at radius 1 is 1.24 bits per heavy atom. The van der Waals surface area contributed by atoms with Crippen LogP contribution in [-0.2, 0) is 14.8 Å². The Hall–Kier alpha value is -2.94. The van der Waals surface area contributed by atoms with Crippen molar-refractivity contribution in [3.63, 3.8) is 0 Å². The smallest absolute Gasteiger partial charge is 0.338 e. The molecule has 25 heavy (non-hydrogen) atoms. The van der Waals surface area contributed by atoms with Gasteiger partial charge in [-0.1, -0.05) is 12.1 Å². The first kappa shape index (κ1) is 18.4. The third-order valence-corrected chi connectivity index (χ3v) is 4.82. The van der Waals surface area contributed by atoms with E-state index in [4.69, 9.17) is 4.74 Å². The van der Waals surface area contributed by atoms with E-state index in [0.717, 1.165) is 6.07 Å². The van der Waals surface area contributed by atoms with Crippen LogP contribution in [0.4, 0.5) is 11.4 Å². The zero-order chi connectivity index (χ0) is 18.6. The lowest BCUT2D eigenvalue weighted by Crippen LogP contribution is -2.15. The first-order valence-electron chi connectivity index (χ1n) is 7.29. The minimum Gasteiger partial charge on any atom is -0.462 e. The summed E-state index contributed by atoms with van der Waals surface area (Å²) in [5, 5.41) is 10.9. The summed E-state index contributed by atoms with van der Waals surface area (Å²) in [7, 11) is -4.06. The number of nitro groups is 1. The number of sulfonamides is 1. The number of hydrogen-bond donors (Lipinski definition) is 1.